The van der Waals surface area contributed by atoms with Crippen molar-refractivity contribution in [3.8, 4) is 11.1 Å². The third kappa shape index (κ3) is 3.70. The van der Waals surface area contributed by atoms with E-state index in [0.29, 0.717) is 17.7 Å². The van der Waals surface area contributed by atoms with Crippen molar-refractivity contribution in [3.63, 3.8) is 0 Å². The molecule has 1 unspecified atom stereocenters. The van der Waals surface area contributed by atoms with Gasteiger partial charge in [0.25, 0.3) is 5.91 Å². The molecule has 0 radical (unpaired) electrons. The van der Waals surface area contributed by atoms with Crippen LogP contribution in [0, 0.1) is 0 Å². The molecule has 0 bridgehead atoms. The number of amides is 1. The molecule has 0 saturated carbocycles. The summed E-state index contributed by atoms with van der Waals surface area (Å²) >= 11 is 1.32. The topological polar surface area (TPSA) is 66.4 Å². The van der Waals surface area contributed by atoms with Gasteiger partial charge in [-0.3, -0.25) is 4.79 Å². The van der Waals surface area contributed by atoms with Crippen molar-refractivity contribution in [2.45, 2.75) is 25.8 Å². The van der Waals surface area contributed by atoms with Gasteiger partial charge in [-0.05, 0) is 23.4 Å². The van der Waals surface area contributed by atoms with Crippen LogP contribution in [-0.2, 0) is 4.79 Å². The number of rotatable bonds is 6. The average molecular weight is 303 g/mol. The van der Waals surface area contributed by atoms with Gasteiger partial charge in [0.1, 0.15) is 6.04 Å². The highest BCUT2D eigenvalue weighted by atomic mass is 32.1. The smallest absolute Gasteiger partial charge is 0.326 e. The first-order chi connectivity index (χ1) is 10.1. The second-order valence-electron chi connectivity index (χ2n) is 4.68. The minimum atomic E-state index is -0.997. The minimum Gasteiger partial charge on any atom is -0.480 e. The second kappa shape index (κ2) is 7.04. The zero-order valence-corrected chi connectivity index (χ0v) is 12.5. The number of carbonyl (C=O) groups is 2. The van der Waals surface area contributed by atoms with Gasteiger partial charge in [0.15, 0.2) is 0 Å². The number of nitrogens with one attached hydrogen (secondary N) is 1. The summed E-state index contributed by atoms with van der Waals surface area (Å²) in [5.41, 5.74) is 1.78. The average Bonchev–Trinajstić information content (AvgIpc) is 2.97. The molecule has 1 aromatic heterocycles. The molecule has 5 heteroatoms. The molecule has 21 heavy (non-hydrogen) atoms. The van der Waals surface area contributed by atoms with Gasteiger partial charge in [-0.15, -0.1) is 11.3 Å². The summed E-state index contributed by atoms with van der Waals surface area (Å²) in [6.07, 6.45) is 1.13. The van der Waals surface area contributed by atoms with Crippen LogP contribution < -0.4 is 5.32 Å². The Balaban J connectivity index is 2.21. The molecule has 110 valence electrons. The Morgan fingerprint density at radius 3 is 2.57 bits per heavy atom. The van der Waals surface area contributed by atoms with Gasteiger partial charge in [-0.2, -0.15) is 0 Å². The van der Waals surface area contributed by atoms with Crippen molar-refractivity contribution < 1.29 is 14.7 Å². The third-order valence-electron chi connectivity index (χ3n) is 3.14. The largest absolute Gasteiger partial charge is 0.480 e. The Morgan fingerprint density at radius 2 is 1.95 bits per heavy atom. The summed E-state index contributed by atoms with van der Waals surface area (Å²) in [5.74, 6) is -1.33. The van der Waals surface area contributed by atoms with Crippen LogP contribution >= 0.6 is 11.3 Å². The van der Waals surface area contributed by atoms with Crippen LogP contribution in [0.5, 0.6) is 0 Å². The summed E-state index contributed by atoms with van der Waals surface area (Å²) in [6.45, 7) is 1.89. The van der Waals surface area contributed by atoms with Crippen LogP contribution in [0.2, 0.25) is 0 Å². The molecule has 4 nitrogen and oxygen atoms in total. The van der Waals surface area contributed by atoms with E-state index < -0.39 is 12.0 Å². The van der Waals surface area contributed by atoms with Gasteiger partial charge in [0.2, 0.25) is 0 Å². The molecule has 2 rings (SSSR count). The molecular weight excluding hydrogens is 286 g/mol. The summed E-state index contributed by atoms with van der Waals surface area (Å²) in [4.78, 5) is 24.0. The van der Waals surface area contributed by atoms with E-state index in [1.807, 2.05) is 48.7 Å². The van der Waals surface area contributed by atoms with Crippen LogP contribution in [0.25, 0.3) is 11.1 Å². The van der Waals surface area contributed by atoms with Gasteiger partial charge in [0.05, 0.1) is 4.88 Å². The van der Waals surface area contributed by atoms with Gasteiger partial charge >= 0.3 is 5.97 Å². The molecule has 2 N–H and O–H groups in total. The Morgan fingerprint density at radius 1 is 1.24 bits per heavy atom. The third-order valence-corrected chi connectivity index (χ3v) is 4.05. The lowest BCUT2D eigenvalue weighted by molar-refractivity contribution is -0.139. The Labute approximate surface area is 127 Å². The maximum absolute atomic E-state index is 12.3. The van der Waals surface area contributed by atoms with Gasteiger partial charge in [-0.25, -0.2) is 4.79 Å². The molecule has 0 aliphatic rings. The predicted octanol–water partition coefficient (Wildman–Crippen LogP) is 3.40. The molecule has 0 spiro atoms. The van der Waals surface area contributed by atoms with Crippen LogP contribution in [0.15, 0.2) is 41.8 Å². The fourth-order valence-electron chi connectivity index (χ4n) is 2.10. The summed E-state index contributed by atoms with van der Waals surface area (Å²) in [7, 11) is 0. The summed E-state index contributed by atoms with van der Waals surface area (Å²) in [6, 6.07) is 10.6. The van der Waals surface area contributed by atoms with E-state index in [1.54, 1.807) is 0 Å². The van der Waals surface area contributed by atoms with Crippen molar-refractivity contribution >= 4 is 23.2 Å². The van der Waals surface area contributed by atoms with Crippen molar-refractivity contribution in [1.29, 1.82) is 0 Å². The minimum absolute atomic E-state index is 0.329. The fourth-order valence-corrected chi connectivity index (χ4v) is 2.92. The quantitative estimate of drug-likeness (QED) is 0.859. The van der Waals surface area contributed by atoms with Crippen LogP contribution in [0.3, 0.4) is 0 Å². The van der Waals surface area contributed by atoms with Crippen LogP contribution in [0.1, 0.15) is 29.4 Å². The highest BCUT2D eigenvalue weighted by Crippen LogP contribution is 2.28. The van der Waals surface area contributed by atoms with Gasteiger partial charge in [0, 0.05) is 5.56 Å². The molecule has 1 amide bonds. The lowest BCUT2D eigenvalue weighted by Crippen LogP contribution is -2.40. The first-order valence-electron chi connectivity index (χ1n) is 6.80. The van der Waals surface area contributed by atoms with E-state index in [2.05, 4.69) is 5.32 Å². The number of hydrogen-bond donors (Lipinski definition) is 2. The van der Waals surface area contributed by atoms with Crippen LogP contribution in [-0.4, -0.2) is 23.0 Å². The first-order valence-corrected chi connectivity index (χ1v) is 7.68. The predicted molar refractivity (Wildman–Crippen MR) is 83.6 cm³/mol. The maximum atomic E-state index is 12.3. The van der Waals surface area contributed by atoms with Gasteiger partial charge < -0.3 is 10.4 Å². The molecule has 2 aromatic rings. The Hall–Kier alpha value is -2.14. The molecule has 0 aliphatic heterocycles. The molecule has 1 atom stereocenters. The van der Waals surface area contributed by atoms with E-state index in [1.165, 1.54) is 11.3 Å². The van der Waals surface area contributed by atoms with Crippen molar-refractivity contribution in [3.05, 3.63) is 46.7 Å². The standard InChI is InChI=1S/C16H17NO3S/c1-2-6-13(16(19)20)17-15(18)14-12(9-10-21-14)11-7-4-3-5-8-11/h3-5,7-10,13H,2,6H2,1H3,(H,17,18)(H,19,20). The number of aliphatic carboxylic acids is 1. The van der Waals surface area contributed by atoms with Gasteiger partial charge in [-0.1, -0.05) is 43.7 Å². The number of thiophene rings is 1. The number of hydrogen-bond acceptors (Lipinski definition) is 3. The highest BCUT2D eigenvalue weighted by molar-refractivity contribution is 7.12. The lowest BCUT2D eigenvalue weighted by Gasteiger charge is -2.13. The number of carbonyl (C=O) groups excluding carboxylic acids is 1. The fraction of sp³-hybridized carbons (Fsp3) is 0.250. The number of carboxylic acid groups (broad SMARTS) is 1. The molecule has 0 fully saturated rings. The number of carboxylic acids is 1. The molecule has 1 heterocycles. The zero-order chi connectivity index (χ0) is 15.2. The monoisotopic (exact) mass is 303 g/mol. The normalized spacial score (nSPS) is 11.9. The van der Waals surface area contributed by atoms with E-state index in [0.717, 1.165) is 11.1 Å². The van der Waals surface area contributed by atoms with Crippen molar-refractivity contribution in [2.75, 3.05) is 0 Å². The first kappa shape index (κ1) is 15.3. The Kier molecular flexibility index (Phi) is 5.11. The van der Waals surface area contributed by atoms with Crippen molar-refractivity contribution in [2.24, 2.45) is 0 Å². The highest BCUT2D eigenvalue weighted by Gasteiger charge is 2.22. The number of benzene rings is 1. The molecular formula is C16H17NO3S. The Bertz CT molecular complexity index is 621. The van der Waals surface area contributed by atoms with E-state index in [4.69, 9.17) is 5.11 Å². The van der Waals surface area contributed by atoms with E-state index in [9.17, 15) is 9.59 Å². The molecule has 0 aliphatic carbocycles. The maximum Gasteiger partial charge on any atom is 0.326 e. The second-order valence-corrected chi connectivity index (χ2v) is 5.60. The van der Waals surface area contributed by atoms with E-state index in [-0.39, 0.29) is 5.91 Å². The lowest BCUT2D eigenvalue weighted by atomic mass is 10.1. The van der Waals surface area contributed by atoms with Crippen molar-refractivity contribution in [1.82, 2.24) is 5.32 Å². The summed E-state index contributed by atoms with van der Waals surface area (Å²) < 4.78 is 0. The van der Waals surface area contributed by atoms with E-state index >= 15 is 0 Å². The zero-order valence-electron chi connectivity index (χ0n) is 11.7. The summed E-state index contributed by atoms with van der Waals surface area (Å²) in [5, 5.41) is 13.6. The van der Waals surface area contributed by atoms with Crippen LogP contribution in [0.4, 0.5) is 0 Å². The SMILES string of the molecule is CCCC(NC(=O)c1sccc1-c1ccccc1)C(=O)O. The molecule has 0 saturated heterocycles. The molecule has 1 aromatic carbocycles.